The molecule has 1 heterocycles. The van der Waals surface area contributed by atoms with Crippen molar-refractivity contribution in [2.45, 2.75) is 25.8 Å². The molecule has 0 saturated carbocycles. The summed E-state index contributed by atoms with van der Waals surface area (Å²) in [6, 6.07) is 3.59. The summed E-state index contributed by atoms with van der Waals surface area (Å²) in [5.74, 6) is -0.224. The molecule has 1 aromatic heterocycles. The average Bonchev–Trinajstić information content (AvgIpc) is 2.64. The molecule has 0 aliphatic heterocycles. The zero-order valence-electron chi connectivity index (χ0n) is 8.90. The fraction of sp³-hybridized carbons (Fsp3) is 0.500. The van der Waals surface area contributed by atoms with Gasteiger partial charge < -0.3 is 5.32 Å². The lowest BCUT2D eigenvalue weighted by Crippen LogP contribution is -2.34. The number of hydrogen-bond donors (Lipinski definition) is 1. The van der Waals surface area contributed by atoms with E-state index in [4.69, 9.17) is 5.26 Å². The molecule has 15 heavy (non-hydrogen) atoms. The lowest BCUT2D eigenvalue weighted by molar-refractivity contribution is 0.0931. The highest BCUT2D eigenvalue weighted by Gasteiger charge is 2.13. The maximum atomic E-state index is 11.6. The van der Waals surface area contributed by atoms with Crippen molar-refractivity contribution in [3.8, 4) is 6.07 Å². The third-order valence-electron chi connectivity index (χ3n) is 2.11. The van der Waals surface area contributed by atoms with E-state index in [1.807, 2.05) is 13.0 Å². The Morgan fingerprint density at radius 2 is 2.53 bits per heavy atom. The number of carbonyl (C=O) groups is 1. The monoisotopic (exact) mass is 206 g/mol. The van der Waals surface area contributed by atoms with Gasteiger partial charge in [-0.3, -0.25) is 9.48 Å². The first-order chi connectivity index (χ1) is 7.17. The molecule has 0 bridgehead atoms. The van der Waals surface area contributed by atoms with Crippen LogP contribution in [0.5, 0.6) is 0 Å². The van der Waals surface area contributed by atoms with Gasteiger partial charge in [0.1, 0.15) is 5.69 Å². The van der Waals surface area contributed by atoms with Crippen LogP contribution in [-0.4, -0.2) is 21.7 Å². The van der Waals surface area contributed by atoms with E-state index < -0.39 is 0 Å². The van der Waals surface area contributed by atoms with Gasteiger partial charge in [-0.15, -0.1) is 0 Å². The molecule has 0 aliphatic rings. The van der Waals surface area contributed by atoms with Crippen LogP contribution in [0.3, 0.4) is 0 Å². The van der Waals surface area contributed by atoms with Crippen molar-refractivity contribution in [3.05, 3.63) is 18.0 Å². The molecule has 1 N–H and O–H groups in total. The normalized spacial score (nSPS) is 11.8. The van der Waals surface area contributed by atoms with Gasteiger partial charge in [0, 0.05) is 19.3 Å². The summed E-state index contributed by atoms with van der Waals surface area (Å²) in [6.45, 7) is 1.93. The largest absolute Gasteiger partial charge is 0.347 e. The molecule has 1 aromatic rings. The Labute approximate surface area is 88.7 Å². The van der Waals surface area contributed by atoms with E-state index in [1.165, 1.54) is 0 Å². The molecule has 80 valence electrons. The number of nitrogens with one attached hydrogen (secondary N) is 1. The van der Waals surface area contributed by atoms with Crippen molar-refractivity contribution in [3.63, 3.8) is 0 Å². The molecule has 0 fully saturated rings. The molecule has 5 heteroatoms. The minimum absolute atomic E-state index is 0.0930. The van der Waals surface area contributed by atoms with Gasteiger partial charge in [-0.25, -0.2) is 0 Å². The lowest BCUT2D eigenvalue weighted by atomic mass is 10.1. The van der Waals surface area contributed by atoms with Crippen molar-refractivity contribution < 1.29 is 4.79 Å². The number of nitrogens with zero attached hydrogens (tertiary/aromatic N) is 3. The number of carbonyl (C=O) groups excluding carboxylic acids is 1. The maximum Gasteiger partial charge on any atom is 0.272 e. The number of aryl methyl sites for hydroxylation is 1. The van der Waals surface area contributed by atoms with Crippen LogP contribution >= 0.6 is 0 Å². The van der Waals surface area contributed by atoms with Crippen molar-refractivity contribution in [2.24, 2.45) is 7.05 Å². The van der Waals surface area contributed by atoms with Crippen LogP contribution in [0.4, 0.5) is 0 Å². The molecule has 1 rings (SSSR count). The van der Waals surface area contributed by atoms with Gasteiger partial charge in [0.25, 0.3) is 5.91 Å². The molecule has 0 saturated heterocycles. The zero-order chi connectivity index (χ0) is 11.3. The highest BCUT2D eigenvalue weighted by Crippen LogP contribution is 2.00. The summed E-state index contributed by atoms with van der Waals surface area (Å²) in [4.78, 5) is 11.6. The molecule has 0 spiro atoms. The number of hydrogen-bond acceptors (Lipinski definition) is 3. The Morgan fingerprint density at radius 3 is 3.00 bits per heavy atom. The Kier molecular flexibility index (Phi) is 3.86. The Balaban J connectivity index is 2.59. The minimum Gasteiger partial charge on any atom is -0.347 e. The van der Waals surface area contributed by atoms with Gasteiger partial charge in [0.05, 0.1) is 12.5 Å². The lowest BCUT2D eigenvalue weighted by Gasteiger charge is -2.11. The van der Waals surface area contributed by atoms with Crippen LogP contribution < -0.4 is 5.32 Å². The molecule has 5 nitrogen and oxygen atoms in total. The van der Waals surface area contributed by atoms with E-state index in [0.717, 1.165) is 6.42 Å². The van der Waals surface area contributed by atoms with Gasteiger partial charge in [0.15, 0.2) is 0 Å². The summed E-state index contributed by atoms with van der Waals surface area (Å²) < 4.78 is 1.57. The molecule has 1 amide bonds. The van der Waals surface area contributed by atoms with Gasteiger partial charge in [-0.2, -0.15) is 10.4 Å². The van der Waals surface area contributed by atoms with Crippen molar-refractivity contribution in [2.75, 3.05) is 0 Å². The SMILES string of the molecule is CCC(CC#N)NC(=O)c1ccn(C)n1. The van der Waals surface area contributed by atoms with E-state index in [-0.39, 0.29) is 11.9 Å². The van der Waals surface area contributed by atoms with E-state index in [2.05, 4.69) is 10.4 Å². The van der Waals surface area contributed by atoms with Crippen LogP contribution in [0.25, 0.3) is 0 Å². The van der Waals surface area contributed by atoms with Crippen molar-refractivity contribution >= 4 is 5.91 Å². The maximum absolute atomic E-state index is 11.6. The van der Waals surface area contributed by atoms with Gasteiger partial charge in [-0.1, -0.05) is 6.92 Å². The zero-order valence-corrected chi connectivity index (χ0v) is 8.90. The minimum atomic E-state index is -0.224. The quantitative estimate of drug-likeness (QED) is 0.793. The first-order valence-corrected chi connectivity index (χ1v) is 4.84. The third kappa shape index (κ3) is 3.09. The summed E-state index contributed by atoms with van der Waals surface area (Å²) in [5, 5.41) is 15.3. The summed E-state index contributed by atoms with van der Waals surface area (Å²) >= 11 is 0. The van der Waals surface area contributed by atoms with E-state index in [9.17, 15) is 4.79 Å². The van der Waals surface area contributed by atoms with Gasteiger partial charge in [0.2, 0.25) is 0 Å². The predicted octanol–water partition coefficient (Wildman–Crippen LogP) is 0.842. The predicted molar refractivity (Wildman–Crippen MR) is 55.0 cm³/mol. The van der Waals surface area contributed by atoms with E-state index in [0.29, 0.717) is 12.1 Å². The molecular formula is C10H14N4O. The van der Waals surface area contributed by atoms with Crippen LogP contribution in [-0.2, 0) is 7.05 Å². The summed E-state index contributed by atoms with van der Waals surface area (Å²) in [5.41, 5.74) is 0.383. The standard InChI is InChI=1S/C10H14N4O/c1-3-8(4-6-11)12-10(15)9-5-7-14(2)13-9/h5,7-8H,3-4H2,1-2H3,(H,12,15). The smallest absolute Gasteiger partial charge is 0.272 e. The molecule has 1 atom stereocenters. The highest BCUT2D eigenvalue weighted by molar-refractivity contribution is 5.92. The summed E-state index contributed by atoms with van der Waals surface area (Å²) in [6.07, 6.45) is 2.78. The average molecular weight is 206 g/mol. The Morgan fingerprint density at radius 1 is 1.80 bits per heavy atom. The molecule has 1 unspecified atom stereocenters. The second-order valence-electron chi connectivity index (χ2n) is 3.32. The number of rotatable bonds is 4. The number of aromatic nitrogens is 2. The fourth-order valence-electron chi connectivity index (χ4n) is 1.20. The molecule has 0 aromatic carbocycles. The molecular weight excluding hydrogens is 192 g/mol. The molecule has 0 aliphatic carbocycles. The summed E-state index contributed by atoms with van der Waals surface area (Å²) in [7, 11) is 1.75. The Hall–Kier alpha value is -1.83. The van der Waals surface area contributed by atoms with Crippen molar-refractivity contribution in [1.29, 1.82) is 5.26 Å². The van der Waals surface area contributed by atoms with Crippen LogP contribution in [0, 0.1) is 11.3 Å². The topological polar surface area (TPSA) is 70.7 Å². The van der Waals surface area contributed by atoms with E-state index in [1.54, 1.807) is 24.0 Å². The van der Waals surface area contributed by atoms with Gasteiger partial charge >= 0.3 is 0 Å². The van der Waals surface area contributed by atoms with Gasteiger partial charge in [-0.05, 0) is 12.5 Å². The number of amides is 1. The van der Waals surface area contributed by atoms with E-state index >= 15 is 0 Å². The van der Waals surface area contributed by atoms with Crippen LogP contribution in [0.1, 0.15) is 30.3 Å². The van der Waals surface area contributed by atoms with Crippen LogP contribution in [0.2, 0.25) is 0 Å². The first kappa shape index (κ1) is 11.2. The Bertz CT molecular complexity index is 377. The third-order valence-corrected chi connectivity index (χ3v) is 2.11. The molecule has 0 radical (unpaired) electrons. The fourth-order valence-corrected chi connectivity index (χ4v) is 1.20. The van der Waals surface area contributed by atoms with Crippen molar-refractivity contribution in [1.82, 2.24) is 15.1 Å². The van der Waals surface area contributed by atoms with Crippen LogP contribution in [0.15, 0.2) is 12.3 Å². The first-order valence-electron chi connectivity index (χ1n) is 4.84. The second-order valence-corrected chi connectivity index (χ2v) is 3.32. The second kappa shape index (κ2) is 5.15. The number of nitriles is 1. The highest BCUT2D eigenvalue weighted by atomic mass is 16.2.